The average molecular weight is 216 g/mol. The highest BCUT2D eigenvalue weighted by Gasteiger charge is 2.33. The molecule has 14 heavy (non-hydrogen) atoms. The van der Waals surface area contributed by atoms with Crippen LogP contribution in [0.15, 0.2) is 0 Å². The van der Waals surface area contributed by atoms with Crippen LogP contribution in [0.5, 0.6) is 0 Å². The second-order valence-corrected chi connectivity index (χ2v) is 6.22. The van der Waals surface area contributed by atoms with Crippen LogP contribution in [0.2, 0.25) is 0 Å². The van der Waals surface area contributed by atoms with Crippen molar-refractivity contribution < 1.29 is 9.28 Å². The fourth-order valence-corrected chi connectivity index (χ4v) is 2.74. The van der Waals surface area contributed by atoms with Crippen LogP contribution in [-0.4, -0.2) is 35.1 Å². The molecule has 3 heteroatoms. The monoisotopic (exact) mass is 216 g/mol. The van der Waals surface area contributed by atoms with Crippen LogP contribution in [0.3, 0.4) is 0 Å². The van der Waals surface area contributed by atoms with Gasteiger partial charge in [-0.1, -0.05) is 13.8 Å². The summed E-state index contributed by atoms with van der Waals surface area (Å²) in [6.45, 7) is 6.26. The number of hydrogen-bond acceptors (Lipinski definition) is 2. The van der Waals surface area contributed by atoms with Crippen molar-refractivity contribution in [2.24, 2.45) is 0 Å². The van der Waals surface area contributed by atoms with Gasteiger partial charge in [-0.3, -0.25) is 4.48 Å². The quantitative estimate of drug-likeness (QED) is 0.626. The molecule has 1 rings (SSSR count). The molecule has 0 aliphatic carbocycles. The SMILES string of the molecule is CC(C)SC(=O)[N+]1(C)CCCCCC1. The van der Waals surface area contributed by atoms with Gasteiger partial charge in [-0.05, 0) is 37.4 Å². The molecule has 0 spiro atoms. The van der Waals surface area contributed by atoms with Crippen molar-refractivity contribution in [3.8, 4) is 0 Å². The number of nitrogens with zero attached hydrogens (tertiary/aromatic N) is 1. The largest absolute Gasteiger partial charge is 0.375 e. The lowest BCUT2D eigenvalue weighted by Gasteiger charge is -2.30. The van der Waals surface area contributed by atoms with E-state index in [1.807, 2.05) is 0 Å². The minimum atomic E-state index is 0.363. The Morgan fingerprint density at radius 3 is 2.07 bits per heavy atom. The summed E-state index contributed by atoms with van der Waals surface area (Å²) in [5.41, 5.74) is 0. The van der Waals surface area contributed by atoms with Crippen LogP contribution in [0, 0.1) is 0 Å². The zero-order chi connectivity index (χ0) is 10.6. The Morgan fingerprint density at radius 2 is 1.64 bits per heavy atom. The van der Waals surface area contributed by atoms with E-state index in [4.69, 9.17) is 0 Å². The summed E-state index contributed by atoms with van der Waals surface area (Å²) in [7, 11) is 2.10. The zero-order valence-corrected chi connectivity index (χ0v) is 10.4. The zero-order valence-electron chi connectivity index (χ0n) is 9.58. The van der Waals surface area contributed by atoms with Crippen LogP contribution in [0.1, 0.15) is 39.5 Å². The van der Waals surface area contributed by atoms with E-state index in [1.54, 1.807) is 0 Å². The van der Waals surface area contributed by atoms with Gasteiger partial charge in [-0.25, -0.2) is 4.79 Å². The normalized spacial score (nSPS) is 22.0. The smallest absolute Gasteiger partial charge is 0.253 e. The molecule has 0 saturated carbocycles. The van der Waals surface area contributed by atoms with Crippen molar-refractivity contribution >= 4 is 17.0 Å². The first-order valence-electron chi connectivity index (χ1n) is 5.60. The second kappa shape index (κ2) is 5.17. The van der Waals surface area contributed by atoms with Crippen molar-refractivity contribution in [1.29, 1.82) is 0 Å². The summed E-state index contributed by atoms with van der Waals surface area (Å²) in [5.74, 6) is 0. The minimum absolute atomic E-state index is 0.363. The summed E-state index contributed by atoms with van der Waals surface area (Å²) in [5, 5.41) is 0.780. The fourth-order valence-electron chi connectivity index (χ4n) is 1.90. The van der Waals surface area contributed by atoms with Gasteiger partial charge in [0.2, 0.25) is 0 Å². The number of carbonyl (C=O) groups is 1. The van der Waals surface area contributed by atoms with Crippen molar-refractivity contribution in [3.05, 3.63) is 0 Å². The van der Waals surface area contributed by atoms with E-state index in [0.717, 1.165) is 13.1 Å². The third kappa shape index (κ3) is 3.28. The lowest BCUT2D eigenvalue weighted by atomic mass is 10.2. The van der Waals surface area contributed by atoms with E-state index in [0.29, 0.717) is 15.0 Å². The molecule has 1 aliphatic rings. The maximum absolute atomic E-state index is 12.0. The van der Waals surface area contributed by atoms with Crippen LogP contribution in [0.25, 0.3) is 0 Å². The van der Waals surface area contributed by atoms with Crippen LogP contribution < -0.4 is 0 Å². The molecule has 1 heterocycles. The standard InChI is InChI=1S/C11H22NOS/c1-10(2)14-11(13)12(3)8-6-4-5-7-9-12/h10H,4-9H2,1-3H3/q+1. The Balaban J connectivity index is 2.56. The third-order valence-electron chi connectivity index (χ3n) is 2.83. The summed E-state index contributed by atoms with van der Waals surface area (Å²) in [4.78, 5) is 12.0. The number of rotatable bonds is 1. The number of hydrogen-bond donors (Lipinski definition) is 0. The predicted molar refractivity (Wildman–Crippen MR) is 62.5 cm³/mol. The van der Waals surface area contributed by atoms with E-state index in [1.165, 1.54) is 37.4 Å². The van der Waals surface area contributed by atoms with Gasteiger partial charge in [0.05, 0.1) is 20.1 Å². The van der Waals surface area contributed by atoms with Gasteiger partial charge in [-0.15, -0.1) is 0 Å². The molecule has 0 unspecified atom stereocenters. The first kappa shape index (κ1) is 12.1. The maximum Gasteiger partial charge on any atom is 0.375 e. The molecule has 0 aromatic carbocycles. The molecule has 1 amide bonds. The van der Waals surface area contributed by atoms with Crippen LogP contribution >= 0.6 is 11.8 Å². The van der Waals surface area contributed by atoms with Gasteiger partial charge in [0.15, 0.2) is 0 Å². The van der Waals surface area contributed by atoms with Gasteiger partial charge in [0.1, 0.15) is 0 Å². The lowest BCUT2D eigenvalue weighted by molar-refractivity contribution is -0.822. The molecule has 2 nitrogen and oxygen atoms in total. The molecular weight excluding hydrogens is 194 g/mol. The van der Waals surface area contributed by atoms with E-state index in [9.17, 15) is 4.79 Å². The molecule has 0 aromatic heterocycles. The molecule has 0 N–H and O–H groups in total. The highest BCUT2D eigenvalue weighted by atomic mass is 32.2. The molecule has 82 valence electrons. The molecule has 0 atom stereocenters. The highest BCUT2D eigenvalue weighted by molar-refractivity contribution is 8.13. The Labute approximate surface area is 91.6 Å². The highest BCUT2D eigenvalue weighted by Crippen LogP contribution is 2.24. The summed E-state index contributed by atoms with van der Waals surface area (Å²) in [6.07, 6.45) is 5.02. The summed E-state index contributed by atoms with van der Waals surface area (Å²) in [6, 6.07) is 0. The molecule has 0 aromatic rings. The predicted octanol–water partition coefficient (Wildman–Crippen LogP) is 3.27. The molecule has 1 fully saturated rings. The number of amides is 1. The second-order valence-electron chi connectivity index (χ2n) is 4.69. The number of likely N-dealkylation sites (tertiary alicyclic amines) is 1. The molecule has 0 radical (unpaired) electrons. The summed E-state index contributed by atoms with van der Waals surface area (Å²) >= 11 is 1.50. The van der Waals surface area contributed by atoms with E-state index in [-0.39, 0.29) is 0 Å². The van der Waals surface area contributed by atoms with Crippen molar-refractivity contribution in [1.82, 2.24) is 0 Å². The topological polar surface area (TPSA) is 17.1 Å². The Hall–Kier alpha value is -0.0200. The van der Waals surface area contributed by atoms with Gasteiger partial charge in [-0.2, -0.15) is 0 Å². The van der Waals surface area contributed by atoms with Gasteiger partial charge in [0.25, 0.3) is 0 Å². The van der Waals surface area contributed by atoms with Crippen molar-refractivity contribution in [2.45, 2.75) is 44.8 Å². The first-order chi connectivity index (χ1) is 6.54. The fraction of sp³-hybridized carbons (Fsp3) is 0.909. The number of carbonyl (C=O) groups excluding carboxylic acids is 1. The maximum atomic E-state index is 12.0. The summed E-state index contributed by atoms with van der Waals surface area (Å²) < 4.78 is 0.656. The number of quaternary nitrogens is 1. The van der Waals surface area contributed by atoms with E-state index < -0.39 is 0 Å². The molecule has 1 aliphatic heterocycles. The van der Waals surface area contributed by atoms with E-state index in [2.05, 4.69) is 20.9 Å². The van der Waals surface area contributed by atoms with Gasteiger partial charge >= 0.3 is 5.24 Å². The Bertz CT molecular complexity index is 195. The Kier molecular flexibility index (Phi) is 4.45. The molecular formula is C11H22NOS+. The minimum Gasteiger partial charge on any atom is -0.253 e. The van der Waals surface area contributed by atoms with Crippen molar-refractivity contribution in [3.63, 3.8) is 0 Å². The third-order valence-corrected chi connectivity index (χ3v) is 3.94. The van der Waals surface area contributed by atoms with Gasteiger partial charge in [0, 0.05) is 5.25 Å². The number of thioether (sulfide) groups is 1. The van der Waals surface area contributed by atoms with E-state index >= 15 is 0 Å². The van der Waals surface area contributed by atoms with Crippen LogP contribution in [-0.2, 0) is 0 Å². The van der Waals surface area contributed by atoms with Crippen molar-refractivity contribution in [2.75, 3.05) is 20.1 Å². The first-order valence-corrected chi connectivity index (χ1v) is 6.48. The van der Waals surface area contributed by atoms with Crippen LogP contribution in [0.4, 0.5) is 4.79 Å². The Morgan fingerprint density at radius 1 is 1.14 bits per heavy atom. The molecule has 0 bridgehead atoms. The molecule has 1 saturated heterocycles. The van der Waals surface area contributed by atoms with Gasteiger partial charge < -0.3 is 0 Å². The average Bonchev–Trinajstić information content (AvgIpc) is 2.30. The lowest BCUT2D eigenvalue weighted by Crippen LogP contribution is -2.48.